The third kappa shape index (κ3) is 2.42. The maximum atomic E-state index is 13.2. The van der Waals surface area contributed by atoms with E-state index in [-0.39, 0.29) is 30.3 Å². The number of likely N-dealkylation sites (N-methyl/N-ethyl adjacent to an activating group) is 1. The van der Waals surface area contributed by atoms with E-state index in [2.05, 4.69) is 6.92 Å². The normalized spacial score (nSPS) is 25.8. The summed E-state index contributed by atoms with van der Waals surface area (Å²) in [6.45, 7) is 3.96. The number of carbonyl (C=O) groups is 3. The van der Waals surface area contributed by atoms with Crippen LogP contribution in [0.2, 0.25) is 0 Å². The highest BCUT2D eigenvalue weighted by Crippen LogP contribution is 2.44. The number of benzene rings is 1. The minimum atomic E-state index is -0.776. The molecule has 0 bridgehead atoms. The first kappa shape index (κ1) is 17.1. The Labute approximate surface area is 153 Å². The summed E-state index contributed by atoms with van der Waals surface area (Å²) >= 11 is 0. The molecule has 2 atom stereocenters. The molecule has 0 N–H and O–H groups in total. The number of fused-ring (bicyclic) bond motifs is 3. The first-order valence-corrected chi connectivity index (χ1v) is 9.34. The number of rotatable bonds is 4. The second kappa shape index (κ2) is 5.83. The van der Waals surface area contributed by atoms with Crippen molar-refractivity contribution in [1.82, 2.24) is 9.80 Å². The van der Waals surface area contributed by atoms with Gasteiger partial charge in [-0.1, -0.05) is 12.1 Å². The minimum Gasteiger partial charge on any atom is -0.341 e. The Hall–Kier alpha value is -2.37. The molecule has 1 saturated heterocycles. The monoisotopic (exact) mass is 355 g/mol. The molecule has 3 aliphatic rings. The first-order valence-electron chi connectivity index (χ1n) is 9.34. The smallest absolute Gasteiger partial charge is 0.258 e. The minimum absolute atomic E-state index is 0.001000. The van der Waals surface area contributed by atoms with Crippen LogP contribution in [-0.4, -0.2) is 52.8 Å². The fourth-order valence-electron chi connectivity index (χ4n) is 4.31. The van der Waals surface area contributed by atoms with Crippen LogP contribution in [0.4, 0.5) is 5.69 Å². The number of para-hydroxylation sites is 1. The second-order valence-corrected chi connectivity index (χ2v) is 7.94. The molecule has 6 nitrogen and oxygen atoms in total. The third-order valence-corrected chi connectivity index (χ3v) is 6.35. The van der Waals surface area contributed by atoms with Crippen LogP contribution in [0.3, 0.4) is 0 Å². The predicted octanol–water partition coefficient (Wildman–Crippen LogP) is 2.24. The fourth-order valence-corrected chi connectivity index (χ4v) is 4.31. The summed E-state index contributed by atoms with van der Waals surface area (Å²) in [5.74, 6) is 0.332. The van der Waals surface area contributed by atoms with Crippen LogP contribution in [0.1, 0.15) is 49.9 Å². The van der Waals surface area contributed by atoms with Crippen LogP contribution >= 0.6 is 0 Å². The zero-order valence-corrected chi connectivity index (χ0v) is 15.6. The van der Waals surface area contributed by atoms with Crippen LogP contribution in [0.15, 0.2) is 24.3 Å². The Kier molecular flexibility index (Phi) is 3.82. The van der Waals surface area contributed by atoms with Gasteiger partial charge in [0.05, 0.1) is 11.3 Å². The van der Waals surface area contributed by atoms with Crippen molar-refractivity contribution in [1.29, 1.82) is 0 Å². The van der Waals surface area contributed by atoms with E-state index in [9.17, 15) is 14.4 Å². The molecule has 1 saturated carbocycles. The Morgan fingerprint density at radius 1 is 1.31 bits per heavy atom. The van der Waals surface area contributed by atoms with Gasteiger partial charge in [0.15, 0.2) is 0 Å². The van der Waals surface area contributed by atoms with Gasteiger partial charge in [0.1, 0.15) is 12.2 Å². The maximum absolute atomic E-state index is 13.2. The summed E-state index contributed by atoms with van der Waals surface area (Å²) in [6.07, 6.45) is 3.25. The summed E-state index contributed by atoms with van der Waals surface area (Å²) < 4.78 is 0. The molecular weight excluding hydrogens is 330 g/mol. The molecule has 0 unspecified atom stereocenters. The van der Waals surface area contributed by atoms with E-state index in [1.54, 1.807) is 26.8 Å². The van der Waals surface area contributed by atoms with Crippen LogP contribution in [0.5, 0.6) is 0 Å². The van der Waals surface area contributed by atoms with E-state index in [1.807, 2.05) is 26.1 Å². The quantitative estimate of drug-likeness (QED) is 0.832. The number of nitrogens with zero attached hydrogens (tertiary/aromatic N) is 3. The third-order valence-electron chi connectivity index (χ3n) is 6.35. The van der Waals surface area contributed by atoms with Gasteiger partial charge in [-0.25, -0.2) is 0 Å². The van der Waals surface area contributed by atoms with E-state index >= 15 is 0 Å². The van der Waals surface area contributed by atoms with Crippen molar-refractivity contribution in [2.24, 2.45) is 5.92 Å². The van der Waals surface area contributed by atoms with Gasteiger partial charge in [0, 0.05) is 19.5 Å². The predicted molar refractivity (Wildman–Crippen MR) is 97.6 cm³/mol. The molecule has 2 fully saturated rings. The van der Waals surface area contributed by atoms with Crippen molar-refractivity contribution in [3.05, 3.63) is 29.8 Å². The average molecular weight is 355 g/mol. The van der Waals surface area contributed by atoms with E-state index in [0.717, 1.165) is 12.8 Å². The van der Waals surface area contributed by atoms with Gasteiger partial charge < -0.3 is 9.80 Å². The summed E-state index contributed by atoms with van der Waals surface area (Å²) in [5.41, 5.74) is 0.374. The van der Waals surface area contributed by atoms with Gasteiger partial charge >= 0.3 is 0 Å². The molecule has 138 valence electrons. The molecule has 1 aliphatic carbocycles. The van der Waals surface area contributed by atoms with Gasteiger partial charge in [-0.2, -0.15) is 0 Å². The molecule has 6 heteroatoms. The summed E-state index contributed by atoms with van der Waals surface area (Å²) in [4.78, 5) is 43.7. The van der Waals surface area contributed by atoms with Crippen LogP contribution in [0, 0.1) is 5.92 Å². The maximum Gasteiger partial charge on any atom is 0.258 e. The standard InChI is InChI=1S/C20H25N3O3/c1-13(14-8-9-14)21(3)18(25)12-22-19(26)15-6-4-5-7-16(15)23-17(24)10-11-20(22,23)2/h4-7,13-14H,8-12H2,1-3H3/t13-,20+/m1/s1. The zero-order valence-electron chi connectivity index (χ0n) is 15.6. The molecule has 2 heterocycles. The molecular formula is C20H25N3O3. The van der Waals surface area contributed by atoms with Crippen molar-refractivity contribution < 1.29 is 14.4 Å². The Morgan fingerprint density at radius 2 is 2.00 bits per heavy atom. The lowest BCUT2D eigenvalue weighted by Gasteiger charge is -2.48. The Bertz CT molecular complexity index is 788. The average Bonchev–Trinajstić information content (AvgIpc) is 3.43. The molecule has 2 aliphatic heterocycles. The fraction of sp³-hybridized carbons (Fsp3) is 0.550. The lowest BCUT2D eigenvalue weighted by Crippen LogP contribution is -2.64. The van der Waals surface area contributed by atoms with E-state index < -0.39 is 5.66 Å². The highest BCUT2D eigenvalue weighted by atomic mass is 16.2. The van der Waals surface area contributed by atoms with Gasteiger partial charge in [0.25, 0.3) is 5.91 Å². The van der Waals surface area contributed by atoms with Crippen LogP contribution < -0.4 is 4.90 Å². The molecule has 0 radical (unpaired) electrons. The van der Waals surface area contributed by atoms with E-state index in [1.165, 1.54) is 0 Å². The van der Waals surface area contributed by atoms with Crippen LogP contribution in [-0.2, 0) is 9.59 Å². The topological polar surface area (TPSA) is 60.9 Å². The number of amides is 3. The number of hydrogen-bond acceptors (Lipinski definition) is 3. The molecule has 0 spiro atoms. The lowest BCUT2D eigenvalue weighted by atomic mass is 9.98. The van der Waals surface area contributed by atoms with Crippen molar-refractivity contribution in [3.63, 3.8) is 0 Å². The Balaban J connectivity index is 1.66. The zero-order chi connectivity index (χ0) is 18.6. The number of hydrogen-bond donors (Lipinski definition) is 0. The molecule has 3 amide bonds. The van der Waals surface area contributed by atoms with Crippen molar-refractivity contribution >= 4 is 23.4 Å². The second-order valence-electron chi connectivity index (χ2n) is 7.94. The Morgan fingerprint density at radius 3 is 2.69 bits per heavy atom. The molecule has 1 aromatic rings. The molecule has 4 rings (SSSR count). The van der Waals surface area contributed by atoms with E-state index in [0.29, 0.717) is 30.0 Å². The molecule has 0 aromatic heterocycles. The highest BCUT2D eigenvalue weighted by Gasteiger charge is 2.53. The largest absolute Gasteiger partial charge is 0.341 e. The van der Waals surface area contributed by atoms with Gasteiger partial charge in [0.2, 0.25) is 11.8 Å². The lowest BCUT2D eigenvalue weighted by molar-refractivity contribution is -0.134. The summed E-state index contributed by atoms with van der Waals surface area (Å²) in [7, 11) is 1.81. The van der Waals surface area contributed by atoms with Crippen molar-refractivity contribution in [3.8, 4) is 0 Å². The molecule has 1 aromatic carbocycles. The van der Waals surface area contributed by atoms with Gasteiger partial charge in [-0.05, 0) is 51.2 Å². The van der Waals surface area contributed by atoms with Gasteiger partial charge in [-0.15, -0.1) is 0 Å². The van der Waals surface area contributed by atoms with Gasteiger partial charge in [-0.3, -0.25) is 19.3 Å². The summed E-state index contributed by atoms with van der Waals surface area (Å²) in [6, 6.07) is 7.36. The number of anilines is 1. The summed E-state index contributed by atoms with van der Waals surface area (Å²) in [5, 5.41) is 0. The van der Waals surface area contributed by atoms with E-state index in [4.69, 9.17) is 0 Å². The highest BCUT2D eigenvalue weighted by molar-refractivity contribution is 6.11. The first-order chi connectivity index (χ1) is 12.3. The van der Waals surface area contributed by atoms with Crippen molar-refractivity contribution in [2.45, 2.75) is 51.2 Å². The molecule has 26 heavy (non-hydrogen) atoms. The number of carbonyl (C=O) groups excluding carboxylic acids is 3. The SMILES string of the molecule is C[C@H](C1CC1)N(C)C(=O)CN1C(=O)c2ccccc2N2C(=O)CC[C@@]12C. The van der Waals surface area contributed by atoms with Crippen LogP contribution in [0.25, 0.3) is 0 Å². The van der Waals surface area contributed by atoms with Crippen molar-refractivity contribution in [2.75, 3.05) is 18.5 Å².